The fourth-order valence-electron chi connectivity index (χ4n) is 0.852. The van der Waals surface area contributed by atoms with Crippen molar-refractivity contribution in [3.05, 3.63) is 30.3 Å². The third kappa shape index (κ3) is 3.90. The highest BCUT2D eigenvalue weighted by atomic mass is 19.3. The molecule has 1 atom stereocenters. The average molecular weight is 218 g/mol. The van der Waals surface area contributed by atoms with Gasteiger partial charge in [-0.05, 0) is 12.1 Å². The number of benzene rings is 1. The van der Waals surface area contributed by atoms with Crippen molar-refractivity contribution >= 4 is 5.97 Å². The first-order chi connectivity index (χ1) is 7.09. The third-order valence-corrected chi connectivity index (χ3v) is 1.41. The molecule has 82 valence electrons. The number of hydrogen-bond acceptors (Lipinski definition) is 3. The molecule has 0 aliphatic rings. The first-order valence-electron chi connectivity index (χ1n) is 3.97. The second kappa shape index (κ2) is 5.26. The van der Waals surface area contributed by atoms with Gasteiger partial charge >= 0.3 is 18.9 Å². The van der Waals surface area contributed by atoms with Crippen molar-refractivity contribution in [1.29, 1.82) is 0 Å². The lowest BCUT2D eigenvalue weighted by atomic mass is 10.3. The Kier molecular flexibility index (Phi) is 3.99. The minimum absolute atomic E-state index is 0.144. The van der Waals surface area contributed by atoms with Crippen LogP contribution in [0.15, 0.2) is 30.3 Å². The van der Waals surface area contributed by atoms with E-state index in [-0.39, 0.29) is 5.75 Å². The van der Waals surface area contributed by atoms with Gasteiger partial charge in [0.15, 0.2) is 0 Å². The van der Waals surface area contributed by atoms with Crippen LogP contribution < -0.4 is 4.74 Å². The summed E-state index contributed by atoms with van der Waals surface area (Å²) in [4.78, 5) is 10.5. The van der Waals surface area contributed by atoms with Gasteiger partial charge in [-0.3, -0.25) is 4.74 Å². The Labute approximate surface area is 84.0 Å². The summed E-state index contributed by atoms with van der Waals surface area (Å²) in [5.41, 5.74) is 0. The molecule has 1 aromatic rings. The first kappa shape index (κ1) is 11.4. The number of hydrogen-bond donors (Lipinski definition) is 1. The minimum atomic E-state index is -3.20. The molecule has 0 aromatic heterocycles. The zero-order valence-electron chi connectivity index (χ0n) is 7.47. The van der Waals surface area contributed by atoms with Crippen LogP contribution in [0.1, 0.15) is 0 Å². The maximum atomic E-state index is 11.8. The Hall–Kier alpha value is -1.69. The number of carboxylic acid groups (broad SMARTS) is 1. The van der Waals surface area contributed by atoms with Crippen LogP contribution in [0.25, 0.3) is 0 Å². The van der Waals surface area contributed by atoms with E-state index in [0.29, 0.717) is 0 Å². The molecule has 0 heterocycles. The third-order valence-electron chi connectivity index (χ3n) is 1.41. The van der Waals surface area contributed by atoms with E-state index in [1.165, 1.54) is 12.1 Å². The van der Waals surface area contributed by atoms with Gasteiger partial charge < -0.3 is 9.84 Å². The number of aliphatic carboxylic acids is 1. The molecule has 1 aromatic carbocycles. The van der Waals surface area contributed by atoms with E-state index in [9.17, 15) is 13.6 Å². The van der Waals surface area contributed by atoms with Crippen LogP contribution in [0.3, 0.4) is 0 Å². The highest BCUT2D eigenvalue weighted by Crippen LogP contribution is 2.13. The van der Waals surface area contributed by atoms with Crippen LogP contribution >= 0.6 is 0 Å². The highest BCUT2D eigenvalue weighted by molar-refractivity contribution is 5.71. The molecule has 0 saturated carbocycles. The second-order valence-corrected chi connectivity index (χ2v) is 2.50. The largest absolute Gasteiger partial charge is 0.477 e. The second-order valence-electron chi connectivity index (χ2n) is 2.50. The van der Waals surface area contributed by atoms with Gasteiger partial charge in [0.25, 0.3) is 0 Å². The number of ether oxygens (including phenoxy) is 2. The molecule has 1 rings (SSSR count). The van der Waals surface area contributed by atoms with Gasteiger partial charge in [0.2, 0.25) is 0 Å². The Balaban J connectivity index is 2.63. The van der Waals surface area contributed by atoms with E-state index >= 15 is 0 Å². The van der Waals surface area contributed by atoms with Gasteiger partial charge in [-0.1, -0.05) is 18.2 Å². The Morgan fingerprint density at radius 2 is 1.87 bits per heavy atom. The van der Waals surface area contributed by atoms with Crippen molar-refractivity contribution in [1.82, 2.24) is 0 Å². The van der Waals surface area contributed by atoms with Gasteiger partial charge in [0, 0.05) is 0 Å². The molecule has 15 heavy (non-hydrogen) atoms. The van der Waals surface area contributed by atoms with Crippen LogP contribution in [-0.4, -0.2) is 24.0 Å². The highest BCUT2D eigenvalue weighted by Gasteiger charge is 2.24. The van der Waals surface area contributed by atoms with Crippen LogP contribution in [0.5, 0.6) is 5.75 Å². The van der Waals surface area contributed by atoms with E-state index < -0.39 is 18.9 Å². The van der Waals surface area contributed by atoms with Gasteiger partial charge in [-0.15, -0.1) is 0 Å². The lowest BCUT2D eigenvalue weighted by Gasteiger charge is -2.14. The van der Waals surface area contributed by atoms with E-state index in [1.807, 2.05) is 0 Å². The van der Waals surface area contributed by atoms with Crippen molar-refractivity contribution in [2.24, 2.45) is 0 Å². The van der Waals surface area contributed by atoms with E-state index in [2.05, 4.69) is 9.47 Å². The molecule has 0 fully saturated rings. The first-order valence-corrected chi connectivity index (χ1v) is 3.97. The summed E-state index contributed by atoms with van der Waals surface area (Å²) in [6.07, 6.45) is -2.01. The van der Waals surface area contributed by atoms with Crippen molar-refractivity contribution in [2.45, 2.75) is 12.9 Å². The SMILES string of the molecule is O=C(O)C(Oc1ccccc1)OC(F)F. The number of carbonyl (C=O) groups is 1. The van der Waals surface area contributed by atoms with Crippen molar-refractivity contribution in [2.75, 3.05) is 0 Å². The summed E-state index contributed by atoms with van der Waals surface area (Å²) in [6, 6.07) is 7.71. The molecule has 0 saturated heterocycles. The average Bonchev–Trinajstić information content (AvgIpc) is 2.17. The maximum absolute atomic E-state index is 11.8. The van der Waals surface area contributed by atoms with Crippen molar-refractivity contribution in [3.8, 4) is 5.75 Å². The molecule has 0 bridgehead atoms. The fourth-order valence-corrected chi connectivity index (χ4v) is 0.852. The molecule has 6 heteroatoms. The van der Waals surface area contributed by atoms with Crippen LogP contribution in [-0.2, 0) is 9.53 Å². The topological polar surface area (TPSA) is 55.8 Å². The molecule has 0 aliphatic heterocycles. The number of alkyl halides is 2. The summed E-state index contributed by atoms with van der Waals surface area (Å²) in [7, 11) is 0. The Bertz CT molecular complexity index is 315. The monoisotopic (exact) mass is 218 g/mol. The van der Waals surface area contributed by atoms with Crippen LogP contribution in [0.2, 0.25) is 0 Å². The number of para-hydroxylation sites is 1. The van der Waals surface area contributed by atoms with Gasteiger partial charge in [0.1, 0.15) is 5.75 Å². The fraction of sp³-hybridized carbons (Fsp3) is 0.222. The molecule has 1 unspecified atom stereocenters. The summed E-state index contributed by atoms with van der Waals surface area (Å²) < 4.78 is 32.0. The molecule has 4 nitrogen and oxygen atoms in total. The summed E-state index contributed by atoms with van der Waals surface area (Å²) in [6.45, 7) is -3.20. The lowest BCUT2D eigenvalue weighted by molar-refractivity contribution is -0.226. The predicted molar refractivity (Wildman–Crippen MR) is 45.6 cm³/mol. The van der Waals surface area contributed by atoms with E-state index in [4.69, 9.17) is 5.11 Å². The number of rotatable bonds is 5. The summed E-state index contributed by atoms with van der Waals surface area (Å²) >= 11 is 0. The number of carboxylic acids is 1. The standard InChI is InChI=1S/C9H8F2O4/c10-9(11)15-8(7(12)13)14-6-4-2-1-3-5-6/h1-5,8-9H,(H,12,13). The predicted octanol–water partition coefficient (Wildman–Crippen LogP) is 1.72. The van der Waals surface area contributed by atoms with E-state index in [1.54, 1.807) is 18.2 Å². The van der Waals surface area contributed by atoms with Crippen molar-refractivity contribution in [3.63, 3.8) is 0 Å². The Morgan fingerprint density at radius 3 is 2.33 bits per heavy atom. The maximum Gasteiger partial charge on any atom is 0.374 e. The van der Waals surface area contributed by atoms with Gasteiger partial charge in [-0.25, -0.2) is 4.79 Å². The molecule has 0 amide bonds. The summed E-state index contributed by atoms with van der Waals surface area (Å²) in [5.74, 6) is -1.47. The summed E-state index contributed by atoms with van der Waals surface area (Å²) in [5, 5.41) is 8.50. The zero-order valence-corrected chi connectivity index (χ0v) is 7.47. The molecule has 1 N–H and O–H groups in total. The number of halogens is 2. The van der Waals surface area contributed by atoms with Gasteiger partial charge in [0.05, 0.1) is 0 Å². The molecular weight excluding hydrogens is 210 g/mol. The van der Waals surface area contributed by atoms with Gasteiger partial charge in [-0.2, -0.15) is 8.78 Å². The molecule has 0 radical (unpaired) electrons. The normalized spacial score (nSPS) is 12.5. The van der Waals surface area contributed by atoms with Crippen LogP contribution in [0, 0.1) is 0 Å². The molecule has 0 aliphatic carbocycles. The minimum Gasteiger partial charge on any atom is -0.477 e. The van der Waals surface area contributed by atoms with Crippen molar-refractivity contribution < 1.29 is 28.2 Å². The van der Waals surface area contributed by atoms with E-state index in [0.717, 1.165) is 0 Å². The Morgan fingerprint density at radius 1 is 1.27 bits per heavy atom. The molecule has 0 spiro atoms. The molecular formula is C9H8F2O4. The smallest absolute Gasteiger partial charge is 0.374 e. The lowest BCUT2D eigenvalue weighted by Crippen LogP contribution is -2.31. The van der Waals surface area contributed by atoms with Crippen LogP contribution in [0.4, 0.5) is 8.78 Å². The zero-order chi connectivity index (χ0) is 11.3. The quantitative estimate of drug-likeness (QED) is 0.764.